The van der Waals surface area contributed by atoms with Crippen molar-refractivity contribution < 1.29 is 9.59 Å². The molecule has 0 spiro atoms. The number of carbonyl (C=O) groups excluding carboxylic acids is 2. The van der Waals surface area contributed by atoms with Gasteiger partial charge in [-0.3, -0.25) is 9.59 Å². The molecule has 0 aliphatic rings. The van der Waals surface area contributed by atoms with Crippen LogP contribution in [0.15, 0.2) is 24.3 Å². The zero-order chi connectivity index (χ0) is 16.0. The maximum absolute atomic E-state index is 11.9. The molecule has 0 bridgehead atoms. The van der Waals surface area contributed by atoms with Gasteiger partial charge in [-0.2, -0.15) is 0 Å². The Morgan fingerprint density at radius 3 is 2.05 bits per heavy atom. The first-order chi connectivity index (χ1) is 9.81. The van der Waals surface area contributed by atoms with Crippen molar-refractivity contribution in [1.29, 1.82) is 0 Å². The largest absolute Gasteiger partial charge is 0.378 e. The monoisotopic (exact) mass is 291 g/mol. The van der Waals surface area contributed by atoms with Crippen molar-refractivity contribution in [3.8, 4) is 0 Å². The molecule has 1 N–H and O–H groups in total. The minimum atomic E-state index is -0.146. The van der Waals surface area contributed by atoms with Crippen LogP contribution in [0.1, 0.15) is 20.8 Å². The number of benzene rings is 1. The number of nitrogens with zero attached hydrogens (tertiary/aromatic N) is 2. The van der Waals surface area contributed by atoms with E-state index in [1.807, 2.05) is 57.1 Å². The summed E-state index contributed by atoms with van der Waals surface area (Å²) in [4.78, 5) is 27.1. The highest BCUT2D eigenvalue weighted by molar-refractivity contribution is 5.97. The van der Waals surface area contributed by atoms with Gasteiger partial charge in [-0.1, -0.05) is 13.8 Å². The highest BCUT2D eigenvalue weighted by Gasteiger charge is 2.15. The first kappa shape index (κ1) is 17.0. The third-order valence-electron chi connectivity index (χ3n) is 3.07. The van der Waals surface area contributed by atoms with E-state index < -0.39 is 0 Å². The molecule has 0 saturated carbocycles. The van der Waals surface area contributed by atoms with Crippen LogP contribution in [-0.2, 0) is 9.59 Å². The van der Waals surface area contributed by atoms with Gasteiger partial charge in [-0.25, -0.2) is 0 Å². The summed E-state index contributed by atoms with van der Waals surface area (Å²) < 4.78 is 0. The van der Waals surface area contributed by atoms with Crippen LogP contribution in [0.2, 0.25) is 0 Å². The average Bonchev–Trinajstić information content (AvgIpc) is 2.42. The van der Waals surface area contributed by atoms with Gasteiger partial charge in [0.2, 0.25) is 11.8 Å². The zero-order valence-electron chi connectivity index (χ0n) is 13.5. The van der Waals surface area contributed by atoms with Gasteiger partial charge < -0.3 is 15.1 Å². The molecule has 1 aromatic carbocycles. The van der Waals surface area contributed by atoms with Crippen LogP contribution in [0.3, 0.4) is 0 Å². The van der Waals surface area contributed by atoms with Crippen molar-refractivity contribution in [3.63, 3.8) is 0 Å². The summed E-state index contributed by atoms with van der Waals surface area (Å²) in [7, 11) is 3.91. The fourth-order valence-corrected chi connectivity index (χ4v) is 1.83. The van der Waals surface area contributed by atoms with E-state index in [2.05, 4.69) is 5.32 Å². The maximum atomic E-state index is 11.9. The zero-order valence-corrected chi connectivity index (χ0v) is 13.5. The van der Waals surface area contributed by atoms with Crippen molar-refractivity contribution in [2.45, 2.75) is 20.8 Å². The summed E-state index contributed by atoms with van der Waals surface area (Å²) >= 11 is 0. The van der Waals surface area contributed by atoms with Gasteiger partial charge in [-0.15, -0.1) is 0 Å². The van der Waals surface area contributed by atoms with Gasteiger partial charge in [0.1, 0.15) is 6.54 Å². The number of amides is 2. The molecule has 0 fully saturated rings. The van der Waals surface area contributed by atoms with Crippen molar-refractivity contribution in [2.24, 2.45) is 5.92 Å². The lowest BCUT2D eigenvalue weighted by Crippen LogP contribution is -2.40. The van der Waals surface area contributed by atoms with Gasteiger partial charge in [0, 0.05) is 38.9 Å². The Labute approximate surface area is 126 Å². The normalized spacial score (nSPS) is 10.4. The SMILES string of the molecule is CC(=O)N(CC(=O)NCC(C)C)c1ccc(N(C)C)cc1. The third-order valence-corrected chi connectivity index (χ3v) is 3.07. The van der Waals surface area contributed by atoms with Gasteiger partial charge in [0.25, 0.3) is 0 Å². The predicted octanol–water partition coefficient (Wildman–Crippen LogP) is 1.88. The fraction of sp³-hybridized carbons (Fsp3) is 0.500. The summed E-state index contributed by atoms with van der Waals surface area (Å²) in [6.45, 7) is 6.19. The fourth-order valence-electron chi connectivity index (χ4n) is 1.83. The Bertz CT molecular complexity index is 481. The quantitative estimate of drug-likeness (QED) is 0.870. The number of anilines is 2. The summed E-state index contributed by atoms with van der Waals surface area (Å²) in [5, 5.41) is 2.83. The molecule has 1 aromatic rings. The van der Waals surface area contributed by atoms with Gasteiger partial charge in [0.15, 0.2) is 0 Å². The average molecular weight is 291 g/mol. The molecule has 0 unspecified atom stereocenters. The van der Waals surface area contributed by atoms with E-state index in [0.717, 1.165) is 11.4 Å². The predicted molar refractivity (Wildman–Crippen MR) is 86.6 cm³/mol. The van der Waals surface area contributed by atoms with Crippen LogP contribution in [0.5, 0.6) is 0 Å². The second-order valence-corrected chi connectivity index (χ2v) is 5.71. The first-order valence-corrected chi connectivity index (χ1v) is 7.13. The van der Waals surface area contributed by atoms with E-state index in [9.17, 15) is 9.59 Å². The van der Waals surface area contributed by atoms with Crippen molar-refractivity contribution in [3.05, 3.63) is 24.3 Å². The highest BCUT2D eigenvalue weighted by atomic mass is 16.2. The Morgan fingerprint density at radius 2 is 1.62 bits per heavy atom. The van der Waals surface area contributed by atoms with E-state index in [0.29, 0.717) is 12.5 Å². The molecule has 0 atom stereocenters. The lowest BCUT2D eigenvalue weighted by molar-refractivity contribution is -0.123. The molecule has 21 heavy (non-hydrogen) atoms. The van der Waals surface area contributed by atoms with E-state index in [4.69, 9.17) is 0 Å². The van der Waals surface area contributed by atoms with E-state index in [1.165, 1.54) is 11.8 Å². The Kier molecular flexibility index (Phi) is 6.21. The molecule has 0 aliphatic heterocycles. The van der Waals surface area contributed by atoms with E-state index in [-0.39, 0.29) is 18.4 Å². The van der Waals surface area contributed by atoms with Crippen LogP contribution in [0.4, 0.5) is 11.4 Å². The molecule has 0 radical (unpaired) electrons. The van der Waals surface area contributed by atoms with Crippen molar-refractivity contribution in [2.75, 3.05) is 37.0 Å². The molecular formula is C16H25N3O2. The molecule has 2 amide bonds. The standard InChI is InChI=1S/C16H25N3O2/c1-12(2)10-17-16(21)11-19(13(3)20)15-8-6-14(7-9-15)18(4)5/h6-9,12H,10-11H2,1-5H3,(H,17,21). The number of hydrogen-bond donors (Lipinski definition) is 1. The molecule has 0 heterocycles. The number of rotatable bonds is 6. The van der Waals surface area contributed by atoms with Crippen molar-refractivity contribution in [1.82, 2.24) is 5.32 Å². The molecule has 0 aromatic heterocycles. The molecule has 0 saturated heterocycles. The van der Waals surface area contributed by atoms with Gasteiger partial charge >= 0.3 is 0 Å². The highest BCUT2D eigenvalue weighted by Crippen LogP contribution is 2.19. The number of hydrogen-bond acceptors (Lipinski definition) is 3. The van der Waals surface area contributed by atoms with Crippen LogP contribution in [0, 0.1) is 5.92 Å². The summed E-state index contributed by atoms with van der Waals surface area (Å²) in [5.74, 6) is 0.0991. The molecular weight excluding hydrogens is 266 g/mol. The van der Waals surface area contributed by atoms with Gasteiger partial charge in [0.05, 0.1) is 0 Å². The van der Waals surface area contributed by atoms with Gasteiger partial charge in [-0.05, 0) is 30.2 Å². The van der Waals surface area contributed by atoms with Crippen LogP contribution in [-0.4, -0.2) is 39.0 Å². The van der Waals surface area contributed by atoms with E-state index >= 15 is 0 Å². The lowest BCUT2D eigenvalue weighted by atomic mass is 10.2. The Morgan fingerprint density at radius 1 is 1.10 bits per heavy atom. The Hall–Kier alpha value is -2.04. The second-order valence-electron chi connectivity index (χ2n) is 5.71. The molecule has 5 heteroatoms. The summed E-state index contributed by atoms with van der Waals surface area (Å²) in [6.07, 6.45) is 0. The summed E-state index contributed by atoms with van der Waals surface area (Å²) in [6, 6.07) is 7.56. The topological polar surface area (TPSA) is 52.7 Å². The molecule has 1 rings (SSSR count). The lowest BCUT2D eigenvalue weighted by Gasteiger charge is -2.22. The van der Waals surface area contributed by atoms with Crippen molar-refractivity contribution >= 4 is 23.2 Å². The minimum Gasteiger partial charge on any atom is -0.378 e. The second kappa shape index (κ2) is 7.67. The third kappa shape index (κ3) is 5.45. The molecule has 5 nitrogen and oxygen atoms in total. The minimum absolute atomic E-state index is 0.0450. The Balaban J connectivity index is 2.77. The smallest absolute Gasteiger partial charge is 0.240 e. The maximum Gasteiger partial charge on any atom is 0.240 e. The number of carbonyl (C=O) groups is 2. The first-order valence-electron chi connectivity index (χ1n) is 7.13. The summed E-state index contributed by atoms with van der Waals surface area (Å²) in [5.41, 5.74) is 1.78. The van der Waals surface area contributed by atoms with Crippen LogP contribution >= 0.6 is 0 Å². The van der Waals surface area contributed by atoms with Crippen LogP contribution < -0.4 is 15.1 Å². The van der Waals surface area contributed by atoms with E-state index in [1.54, 1.807) is 0 Å². The van der Waals surface area contributed by atoms with Crippen LogP contribution in [0.25, 0.3) is 0 Å². The number of nitrogens with one attached hydrogen (secondary N) is 1. The molecule has 116 valence electrons. The molecule has 0 aliphatic carbocycles.